The lowest BCUT2D eigenvalue weighted by Crippen LogP contribution is -2.45. The van der Waals surface area contributed by atoms with E-state index in [4.69, 9.17) is 28.5 Å². The van der Waals surface area contributed by atoms with Gasteiger partial charge in [-0.1, -0.05) is 29.6 Å². The maximum atomic E-state index is 13.1. The zero-order chi connectivity index (χ0) is 22.7. The standard InChI is InChI=1S/C23H23Cl2N5OS/c1-15-21(23(31)28-29-12-3-2-4-13-29)27-30(19-9-7-16(24)14-18(19)25)22(15)20-10-8-17(32-20)6-5-11-26/h7-10,14H,2-6,12-13H2,1H3,(H,28,31). The molecule has 1 saturated heterocycles. The second kappa shape index (κ2) is 10.1. The number of nitrogens with one attached hydrogen (secondary N) is 1. The highest BCUT2D eigenvalue weighted by Crippen LogP contribution is 2.36. The van der Waals surface area contributed by atoms with Crippen LogP contribution in [-0.2, 0) is 6.42 Å². The van der Waals surface area contributed by atoms with E-state index in [2.05, 4.69) is 16.6 Å². The lowest BCUT2D eigenvalue weighted by molar-refractivity contribution is 0.0743. The normalized spacial score (nSPS) is 14.3. The highest BCUT2D eigenvalue weighted by atomic mass is 35.5. The summed E-state index contributed by atoms with van der Waals surface area (Å²) in [6.45, 7) is 3.59. The number of aromatic nitrogens is 2. The van der Waals surface area contributed by atoms with Crippen LogP contribution in [0.15, 0.2) is 30.3 Å². The number of hydrogen-bond donors (Lipinski definition) is 1. The van der Waals surface area contributed by atoms with Gasteiger partial charge in [0, 0.05) is 35.0 Å². The van der Waals surface area contributed by atoms with Crippen molar-refractivity contribution < 1.29 is 4.79 Å². The van der Waals surface area contributed by atoms with E-state index < -0.39 is 0 Å². The molecule has 32 heavy (non-hydrogen) atoms. The topological polar surface area (TPSA) is 74.0 Å². The van der Waals surface area contributed by atoms with Crippen LogP contribution < -0.4 is 5.43 Å². The third kappa shape index (κ3) is 4.84. The van der Waals surface area contributed by atoms with Crippen LogP contribution in [0.5, 0.6) is 0 Å². The minimum absolute atomic E-state index is 0.226. The van der Waals surface area contributed by atoms with Gasteiger partial charge in [0.2, 0.25) is 0 Å². The average Bonchev–Trinajstić information content (AvgIpc) is 3.37. The molecule has 3 aromatic rings. The molecule has 6 nitrogen and oxygen atoms in total. The lowest BCUT2D eigenvalue weighted by Gasteiger charge is -2.26. The molecular formula is C23H23Cl2N5OS. The average molecular weight is 488 g/mol. The SMILES string of the molecule is Cc1c(C(=O)NN2CCCCC2)nn(-c2ccc(Cl)cc2Cl)c1-c1ccc(CCC#N)s1. The Balaban J connectivity index is 1.76. The summed E-state index contributed by atoms with van der Waals surface area (Å²) in [5.41, 5.74) is 5.61. The monoisotopic (exact) mass is 487 g/mol. The van der Waals surface area contributed by atoms with Crippen LogP contribution in [0.25, 0.3) is 16.3 Å². The Labute approximate surface area is 201 Å². The van der Waals surface area contributed by atoms with Gasteiger partial charge in [0.1, 0.15) is 0 Å². The summed E-state index contributed by atoms with van der Waals surface area (Å²) in [5, 5.41) is 16.5. The lowest BCUT2D eigenvalue weighted by atomic mass is 10.1. The number of benzene rings is 1. The van der Waals surface area contributed by atoms with E-state index in [1.807, 2.05) is 24.1 Å². The molecule has 0 saturated carbocycles. The molecule has 1 aliphatic rings. The van der Waals surface area contributed by atoms with Crippen molar-refractivity contribution >= 4 is 40.4 Å². The van der Waals surface area contributed by atoms with Gasteiger partial charge < -0.3 is 0 Å². The van der Waals surface area contributed by atoms with E-state index in [0.717, 1.165) is 46.9 Å². The third-order valence-corrected chi connectivity index (χ3v) is 7.16. The summed E-state index contributed by atoms with van der Waals surface area (Å²) >= 11 is 14.2. The predicted molar refractivity (Wildman–Crippen MR) is 128 cm³/mol. The molecule has 0 radical (unpaired) electrons. The van der Waals surface area contributed by atoms with Crippen molar-refractivity contribution in [2.75, 3.05) is 13.1 Å². The minimum Gasteiger partial charge on any atom is -0.283 e. The number of carbonyl (C=O) groups excluding carboxylic acids is 1. The number of halogens is 2. The summed E-state index contributed by atoms with van der Waals surface area (Å²) in [6, 6.07) is 11.4. The van der Waals surface area contributed by atoms with Crippen molar-refractivity contribution in [1.82, 2.24) is 20.2 Å². The fourth-order valence-corrected chi connectivity index (χ4v) is 5.43. The number of nitriles is 1. The van der Waals surface area contributed by atoms with Gasteiger partial charge in [0.15, 0.2) is 5.69 Å². The largest absolute Gasteiger partial charge is 0.286 e. The number of rotatable bonds is 6. The van der Waals surface area contributed by atoms with Gasteiger partial charge in [-0.25, -0.2) is 9.69 Å². The third-order valence-electron chi connectivity index (χ3n) is 5.47. The first kappa shape index (κ1) is 22.8. The first-order chi connectivity index (χ1) is 15.5. The quantitative estimate of drug-likeness (QED) is 0.476. The number of thiophene rings is 1. The predicted octanol–water partition coefficient (Wildman–Crippen LogP) is 5.80. The maximum Gasteiger partial charge on any atom is 0.286 e. The van der Waals surface area contributed by atoms with Crippen molar-refractivity contribution in [3.8, 4) is 22.3 Å². The molecule has 0 bridgehead atoms. The number of hydrogen-bond acceptors (Lipinski definition) is 5. The van der Waals surface area contributed by atoms with E-state index >= 15 is 0 Å². The Morgan fingerprint density at radius 2 is 2.00 bits per heavy atom. The van der Waals surface area contributed by atoms with Crippen molar-refractivity contribution in [3.05, 3.63) is 56.5 Å². The van der Waals surface area contributed by atoms with Gasteiger partial charge >= 0.3 is 0 Å². The van der Waals surface area contributed by atoms with Crippen LogP contribution in [0.3, 0.4) is 0 Å². The molecule has 0 atom stereocenters. The van der Waals surface area contributed by atoms with Crippen LogP contribution in [0.2, 0.25) is 10.0 Å². The summed E-state index contributed by atoms with van der Waals surface area (Å²) in [4.78, 5) is 15.2. The number of hydrazine groups is 1. The van der Waals surface area contributed by atoms with Crippen LogP contribution in [-0.4, -0.2) is 33.8 Å². The van der Waals surface area contributed by atoms with E-state index in [0.29, 0.717) is 34.3 Å². The van der Waals surface area contributed by atoms with Crippen LogP contribution >= 0.6 is 34.5 Å². The summed E-state index contributed by atoms with van der Waals surface area (Å²) < 4.78 is 1.72. The van der Waals surface area contributed by atoms with Gasteiger partial charge in [0.25, 0.3) is 5.91 Å². The molecule has 0 spiro atoms. The molecule has 166 valence electrons. The number of amides is 1. The maximum absolute atomic E-state index is 13.1. The molecular weight excluding hydrogens is 465 g/mol. The van der Waals surface area contributed by atoms with Crippen molar-refractivity contribution in [2.24, 2.45) is 0 Å². The minimum atomic E-state index is -0.226. The zero-order valence-electron chi connectivity index (χ0n) is 17.7. The van der Waals surface area contributed by atoms with E-state index in [9.17, 15) is 4.79 Å². The summed E-state index contributed by atoms with van der Waals surface area (Å²) in [7, 11) is 0. The molecule has 4 rings (SSSR count). The molecule has 0 unspecified atom stereocenters. The van der Waals surface area contributed by atoms with Gasteiger partial charge in [0.05, 0.1) is 27.4 Å². The molecule has 1 amide bonds. The molecule has 1 fully saturated rings. The Bertz CT molecular complexity index is 1170. The van der Waals surface area contributed by atoms with Gasteiger partial charge in [-0.05, 0) is 56.5 Å². The smallest absolute Gasteiger partial charge is 0.283 e. The van der Waals surface area contributed by atoms with E-state index in [-0.39, 0.29) is 5.91 Å². The molecule has 1 aromatic carbocycles. The van der Waals surface area contributed by atoms with Gasteiger partial charge in [-0.15, -0.1) is 11.3 Å². The molecule has 1 aliphatic heterocycles. The molecule has 3 heterocycles. The van der Waals surface area contributed by atoms with Gasteiger partial charge in [-0.2, -0.15) is 10.4 Å². The zero-order valence-corrected chi connectivity index (χ0v) is 20.0. The number of piperidine rings is 1. The fraction of sp³-hybridized carbons (Fsp3) is 0.348. The molecule has 2 aromatic heterocycles. The van der Waals surface area contributed by atoms with Crippen LogP contribution in [0, 0.1) is 18.3 Å². The molecule has 9 heteroatoms. The van der Waals surface area contributed by atoms with E-state index in [1.54, 1.807) is 34.2 Å². The number of carbonyl (C=O) groups is 1. The molecule has 1 N–H and O–H groups in total. The number of nitrogens with zero attached hydrogens (tertiary/aromatic N) is 4. The van der Waals surface area contributed by atoms with E-state index in [1.165, 1.54) is 6.42 Å². The second-order valence-electron chi connectivity index (χ2n) is 7.74. The molecule has 0 aliphatic carbocycles. The fourth-order valence-electron chi connectivity index (χ4n) is 3.85. The summed E-state index contributed by atoms with van der Waals surface area (Å²) in [5.74, 6) is -0.226. The Kier molecular flexibility index (Phi) is 7.17. The summed E-state index contributed by atoms with van der Waals surface area (Å²) in [6.07, 6.45) is 4.48. The van der Waals surface area contributed by atoms with Gasteiger partial charge in [-0.3, -0.25) is 10.2 Å². The van der Waals surface area contributed by atoms with Crippen molar-refractivity contribution in [3.63, 3.8) is 0 Å². The van der Waals surface area contributed by atoms with Crippen LogP contribution in [0.4, 0.5) is 0 Å². The Hall–Kier alpha value is -2.37. The first-order valence-corrected chi connectivity index (χ1v) is 12.1. The van der Waals surface area contributed by atoms with Crippen molar-refractivity contribution in [1.29, 1.82) is 5.26 Å². The Morgan fingerprint density at radius 1 is 1.22 bits per heavy atom. The highest BCUT2D eigenvalue weighted by molar-refractivity contribution is 7.15. The highest BCUT2D eigenvalue weighted by Gasteiger charge is 2.25. The van der Waals surface area contributed by atoms with Crippen LogP contribution in [0.1, 0.15) is 46.6 Å². The first-order valence-electron chi connectivity index (χ1n) is 10.5. The Morgan fingerprint density at radius 3 is 2.72 bits per heavy atom. The van der Waals surface area contributed by atoms with Crippen molar-refractivity contribution in [2.45, 2.75) is 39.0 Å². The number of aryl methyl sites for hydroxylation is 1. The second-order valence-corrected chi connectivity index (χ2v) is 9.75.